The van der Waals surface area contributed by atoms with Crippen LogP contribution in [0.5, 0.6) is 0 Å². The van der Waals surface area contributed by atoms with Gasteiger partial charge in [-0.25, -0.2) is 9.18 Å². The Labute approximate surface area is 191 Å². The number of carbonyl (C=O) groups excluding carboxylic acids is 2. The van der Waals surface area contributed by atoms with Crippen molar-refractivity contribution in [3.8, 4) is 0 Å². The first-order chi connectivity index (χ1) is 16.1. The summed E-state index contributed by atoms with van der Waals surface area (Å²) in [5.41, 5.74) is 2.61. The molecule has 33 heavy (non-hydrogen) atoms. The molecule has 0 spiro atoms. The van der Waals surface area contributed by atoms with E-state index in [9.17, 15) is 19.1 Å². The van der Waals surface area contributed by atoms with E-state index in [1.54, 1.807) is 21.9 Å². The van der Waals surface area contributed by atoms with E-state index >= 15 is 0 Å². The second-order valence-corrected chi connectivity index (χ2v) is 8.39. The number of hydrogen-bond acceptors (Lipinski definition) is 3. The Morgan fingerprint density at radius 2 is 1.67 bits per heavy atom. The number of carbonyl (C=O) groups is 2. The molecule has 0 aromatic heterocycles. The summed E-state index contributed by atoms with van der Waals surface area (Å²) < 4.78 is 14.1. The van der Waals surface area contributed by atoms with Crippen molar-refractivity contribution in [2.75, 3.05) is 23.4 Å². The predicted octanol–water partition coefficient (Wildman–Crippen LogP) is 3.78. The summed E-state index contributed by atoms with van der Waals surface area (Å²) in [4.78, 5) is 29.6. The average molecular weight is 445 g/mol. The number of nitrogens with zero attached hydrogens (tertiary/aromatic N) is 2. The maximum atomic E-state index is 14.1. The molecular formula is C26H24FN3O3. The van der Waals surface area contributed by atoms with E-state index in [1.807, 2.05) is 54.6 Å². The van der Waals surface area contributed by atoms with Crippen LogP contribution in [-0.4, -0.2) is 47.2 Å². The standard InChI is InChI=1S/C26H24FN3O3/c27-19-11-5-6-12-20(19)28-26(33)29-15-22-25(18-10-4-7-13-21(18)29)23(16-31)30(22)24(32)14-17-8-2-1-3-9-17/h1-13,22-23,25,31H,14-16H2,(H,28,33)/t22-,23+,25+/m1/s1. The largest absolute Gasteiger partial charge is 0.394 e. The minimum Gasteiger partial charge on any atom is -0.394 e. The highest BCUT2D eigenvalue weighted by molar-refractivity contribution is 6.03. The number of fused-ring (bicyclic) bond motifs is 3. The van der Waals surface area contributed by atoms with Gasteiger partial charge in [-0.05, 0) is 29.3 Å². The van der Waals surface area contributed by atoms with E-state index in [1.165, 1.54) is 12.1 Å². The minimum atomic E-state index is -0.516. The number of urea groups is 1. The van der Waals surface area contributed by atoms with Crippen LogP contribution in [-0.2, 0) is 11.2 Å². The zero-order valence-corrected chi connectivity index (χ0v) is 17.9. The van der Waals surface area contributed by atoms with Gasteiger partial charge in [0.2, 0.25) is 5.91 Å². The molecule has 5 rings (SSSR count). The molecule has 0 saturated carbocycles. The summed E-state index contributed by atoms with van der Waals surface area (Å²) >= 11 is 0. The van der Waals surface area contributed by atoms with Gasteiger partial charge in [0.25, 0.3) is 0 Å². The number of likely N-dealkylation sites (tertiary alicyclic amines) is 1. The fraction of sp³-hybridized carbons (Fsp3) is 0.231. The summed E-state index contributed by atoms with van der Waals surface area (Å²) in [5.74, 6) is -0.670. The third kappa shape index (κ3) is 3.74. The predicted molar refractivity (Wildman–Crippen MR) is 124 cm³/mol. The Kier molecular flexibility index (Phi) is 5.56. The lowest BCUT2D eigenvalue weighted by Crippen LogP contribution is -2.71. The van der Waals surface area contributed by atoms with Gasteiger partial charge in [-0.3, -0.25) is 9.69 Å². The Morgan fingerprint density at radius 3 is 2.42 bits per heavy atom. The molecule has 2 N–H and O–H groups in total. The number of halogens is 1. The molecule has 3 amide bonds. The Morgan fingerprint density at radius 1 is 0.970 bits per heavy atom. The molecule has 3 aromatic carbocycles. The Hall–Kier alpha value is -3.71. The highest BCUT2D eigenvalue weighted by Crippen LogP contribution is 2.48. The molecule has 2 aliphatic heterocycles. The van der Waals surface area contributed by atoms with Crippen molar-refractivity contribution in [1.29, 1.82) is 0 Å². The summed E-state index contributed by atoms with van der Waals surface area (Å²) in [6.07, 6.45) is 0.226. The second kappa shape index (κ2) is 8.67. The van der Waals surface area contributed by atoms with E-state index < -0.39 is 11.8 Å². The van der Waals surface area contributed by atoms with Crippen LogP contribution in [0.1, 0.15) is 17.0 Å². The van der Waals surface area contributed by atoms with Crippen LogP contribution in [0.2, 0.25) is 0 Å². The first kappa shape index (κ1) is 21.2. The van der Waals surface area contributed by atoms with Crippen LogP contribution in [0.25, 0.3) is 0 Å². The number of anilines is 2. The number of aliphatic hydroxyl groups is 1. The summed E-state index contributed by atoms with van der Waals surface area (Å²) in [5, 5.41) is 12.8. The normalized spacial score (nSPS) is 21.0. The van der Waals surface area contributed by atoms with Crippen molar-refractivity contribution < 1.29 is 19.1 Å². The maximum Gasteiger partial charge on any atom is 0.326 e. The number of hydrogen-bond donors (Lipinski definition) is 2. The fourth-order valence-corrected chi connectivity index (χ4v) is 5.03. The van der Waals surface area contributed by atoms with Crippen LogP contribution in [0.4, 0.5) is 20.6 Å². The first-order valence-electron chi connectivity index (χ1n) is 11.0. The zero-order chi connectivity index (χ0) is 22.9. The average Bonchev–Trinajstić information content (AvgIpc) is 2.81. The third-order valence-electron chi connectivity index (χ3n) is 6.53. The van der Waals surface area contributed by atoms with Gasteiger partial charge in [-0.2, -0.15) is 0 Å². The molecule has 1 fully saturated rings. The quantitative estimate of drug-likeness (QED) is 0.642. The minimum absolute atomic E-state index is 0.0663. The molecular weight excluding hydrogens is 421 g/mol. The number of benzene rings is 3. The molecule has 3 atom stereocenters. The SMILES string of the molecule is O=C(Nc1ccccc1F)N1C[C@@H]2[C@H](c3ccccc31)[C@H](CO)N2C(=O)Cc1ccccc1. The van der Waals surface area contributed by atoms with Gasteiger partial charge in [-0.1, -0.05) is 60.7 Å². The van der Waals surface area contributed by atoms with Gasteiger partial charge in [0.1, 0.15) is 5.82 Å². The number of aliphatic hydroxyl groups excluding tert-OH is 1. The van der Waals surface area contributed by atoms with Crippen molar-refractivity contribution in [2.24, 2.45) is 0 Å². The number of nitrogens with one attached hydrogen (secondary N) is 1. The maximum absolute atomic E-state index is 14.1. The van der Waals surface area contributed by atoms with Gasteiger partial charge in [0, 0.05) is 18.2 Å². The monoisotopic (exact) mass is 445 g/mol. The molecule has 2 heterocycles. The van der Waals surface area contributed by atoms with Crippen LogP contribution in [0.3, 0.4) is 0 Å². The van der Waals surface area contributed by atoms with E-state index in [2.05, 4.69) is 5.32 Å². The lowest BCUT2D eigenvalue weighted by atomic mass is 9.71. The van der Waals surface area contributed by atoms with Gasteiger partial charge >= 0.3 is 6.03 Å². The van der Waals surface area contributed by atoms with E-state index in [-0.39, 0.29) is 49.2 Å². The molecule has 1 saturated heterocycles. The van der Waals surface area contributed by atoms with Crippen LogP contribution in [0, 0.1) is 5.82 Å². The zero-order valence-electron chi connectivity index (χ0n) is 17.9. The van der Waals surface area contributed by atoms with Gasteiger partial charge in [0.05, 0.1) is 30.8 Å². The van der Waals surface area contributed by atoms with Crippen molar-refractivity contribution >= 4 is 23.3 Å². The van der Waals surface area contributed by atoms with Crippen molar-refractivity contribution in [1.82, 2.24) is 4.90 Å². The highest BCUT2D eigenvalue weighted by Gasteiger charge is 2.55. The van der Waals surface area contributed by atoms with Crippen molar-refractivity contribution in [2.45, 2.75) is 24.4 Å². The number of rotatable bonds is 4. The molecule has 7 heteroatoms. The third-order valence-corrected chi connectivity index (χ3v) is 6.53. The number of amides is 3. The molecule has 0 unspecified atom stereocenters. The fourth-order valence-electron chi connectivity index (χ4n) is 5.03. The van der Waals surface area contributed by atoms with E-state index in [4.69, 9.17) is 0 Å². The highest BCUT2D eigenvalue weighted by atomic mass is 19.1. The molecule has 3 aromatic rings. The molecule has 168 valence electrons. The molecule has 2 aliphatic rings. The summed E-state index contributed by atoms with van der Waals surface area (Å²) in [6, 6.07) is 21.9. The number of para-hydroxylation sites is 2. The second-order valence-electron chi connectivity index (χ2n) is 8.39. The smallest absolute Gasteiger partial charge is 0.326 e. The van der Waals surface area contributed by atoms with Gasteiger partial charge in [0.15, 0.2) is 0 Å². The van der Waals surface area contributed by atoms with Crippen LogP contribution >= 0.6 is 0 Å². The Balaban J connectivity index is 1.43. The van der Waals surface area contributed by atoms with Gasteiger partial charge < -0.3 is 15.3 Å². The summed E-state index contributed by atoms with van der Waals surface area (Å²) in [6.45, 7) is 0.108. The first-order valence-corrected chi connectivity index (χ1v) is 11.0. The van der Waals surface area contributed by atoms with E-state index in [0.29, 0.717) is 5.69 Å². The Bertz CT molecular complexity index is 1190. The lowest BCUT2D eigenvalue weighted by Gasteiger charge is -2.58. The molecule has 0 bridgehead atoms. The summed E-state index contributed by atoms with van der Waals surface area (Å²) in [7, 11) is 0. The van der Waals surface area contributed by atoms with Crippen molar-refractivity contribution in [3.63, 3.8) is 0 Å². The van der Waals surface area contributed by atoms with Crippen LogP contribution in [0.15, 0.2) is 78.9 Å². The molecule has 0 radical (unpaired) electrons. The van der Waals surface area contributed by atoms with Crippen LogP contribution < -0.4 is 10.2 Å². The van der Waals surface area contributed by atoms with Gasteiger partial charge in [-0.15, -0.1) is 0 Å². The molecule has 0 aliphatic carbocycles. The van der Waals surface area contributed by atoms with E-state index in [0.717, 1.165) is 11.1 Å². The van der Waals surface area contributed by atoms with Crippen molar-refractivity contribution in [3.05, 3.63) is 95.8 Å². The molecule has 6 nitrogen and oxygen atoms in total. The topological polar surface area (TPSA) is 72.9 Å². The lowest BCUT2D eigenvalue weighted by molar-refractivity contribution is -0.149.